The number of carbonyl (C=O) groups is 1. The second-order valence-corrected chi connectivity index (χ2v) is 8.21. The van der Waals surface area contributed by atoms with Crippen LogP contribution in [-0.2, 0) is 22.6 Å². The zero-order valence-corrected chi connectivity index (χ0v) is 17.4. The van der Waals surface area contributed by atoms with Crippen molar-refractivity contribution in [1.82, 2.24) is 24.3 Å². The van der Waals surface area contributed by atoms with E-state index in [-0.39, 0.29) is 24.7 Å². The van der Waals surface area contributed by atoms with Crippen LogP contribution in [0.25, 0.3) is 11.0 Å². The molecule has 0 saturated heterocycles. The smallest absolute Gasteiger partial charge is 0.328 e. The van der Waals surface area contributed by atoms with Crippen molar-refractivity contribution < 1.29 is 14.6 Å². The van der Waals surface area contributed by atoms with Crippen molar-refractivity contribution in [3.05, 3.63) is 30.9 Å². The number of anilines is 2. The summed E-state index contributed by atoms with van der Waals surface area (Å²) in [6.45, 7) is 4.57. The summed E-state index contributed by atoms with van der Waals surface area (Å²) in [6.07, 6.45) is 10.7. The van der Waals surface area contributed by atoms with Crippen LogP contribution in [0.3, 0.4) is 0 Å². The number of aliphatic hydroxyl groups is 1. The molecule has 0 aliphatic heterocycles. The summed E-state index contributed by atoms with van der Waals surface area (Å²) in [4.78, 5) is 20.8. The quantitative estimate of drug-likeness (QED) is 0.575. The van der Waals surface area contributed by atoms with Crippen LogP contribution in [0.5, 0.6) is 0 Å². The Morgan fingerprint density at radius 1 is 1.30 bits per heavy atom. The van der Waals surface area contributed by atoms with Gasteiger partial charge in [-0.25, -0.2) is 4.98 Å². The first-order chi connectivity index (χ1) is 14.5. The Balaban J connectivity index is 1.43. The van der Waals surface area contributed by atoms with E-state index in [4.69, 9.17) is 4.74 Å². The molecule has 0 radical (unpaired) electrons. The number of aliphatic hydroxyl groups excluding tert-OH is 1. The molecule has 0 unspecified atom stereocenters. The van der Waals surface area contributed by atoms with Gasteiger partial charge in [0.1, 0.15) is 12.2 Å². The fraction of sp³-hybridized carbons (Fsp3) is 0.524. The van der Waals surface area contributed by atoms with Crippen molar-refractivity contribution in [3.8, 4) is 0 Å². The summed E-state index contributed by atoms with van der Waals surface area (Å²) in [5.41, 5.74) is 1.58. The SMILES string of the molecule is CC(C)OC(=O)Cn1cc(Nc2ncc3ccn(CC4CCC(O)CC4)c3n2)cn1. The summed E-state index contributed by atoms with van der Waals surface area (Å²) in [7, 11) is 0. The Labute approximate surface area is 175 Å². The van der Waals surface area contributed by atoms with Crippen LogP contribution in [0.4, 0.5) is 11.6 Å². The molecule has 9 nitrogen and oxygen atoms in total. The summed E-state index contributed by atoms with van der Waals surface area (Å²) >= 11 is 0. The lowest BCUT2D eigenvalue weighted by molar-refractivity contribution is -0.148. The zero-order valence-electron chi connectivity index (χ0n) is 17.4. The average molecular weight is 412 g/mol. The van der Waals surface area contributed by atoms with Gasteiger partial charge in [-0.3, -0.25) is 9.48 Å². The first-order valence-electron chi connectivity index (χ1n) is 10.4. The maximum absolute atomic E-state index is 11.8. The number of hydrogen-bond acceptors (Lipinski definition) is 7. The highest BCUT2D eigenvalue weighted by Gasteiger charge is 2.20. The average Bonchev–Trinajstić information content (AvgIpc) is 3.30. The molecule has 0 atom stereocenters. The van der Waals surface area contributed by atoms with Crippen molar-refractivity contribution in [2.75, 3.05) is 5.32 Å². The summed E-state index contributed by atoms with van der Waals surface area (Å²) < 4.78 is 8.82. The van der Waals surface area contributed by atoms with Crippen LogP contribution in [0.15, 0.2) is 30.9 Å². The van der Waals surface area contributed by atoms with Gasteiger partial charge in [-0.1, -0.05) is 0 Å². The standard InChI is InChI=1S/C21H28N6O3/c1-14(2)30-19(29)13-27-12-17(10-23-27)24-21-22-9-16-7-8-26(20(16)25-21)11-15-3-5-18(28)6-4-15/h7-10,12,14-15,18,28H,3-6,11,13H2,1-2H3,(H,22,24,25). The highest BCUT2D eigenvalue weighted by atomic mass is 16.5. The normalized spacial score (nSPS) is 19.3. The Hall–Kier alpha value is -2.94. The highest BCUT2D eigenvalue weighted by molar-refractivity contribution is 5.76. The van der Waals surface area contributed by atoms with E-state index in [0.29, 0.717) is 17.6 Å². The van der Waals surface area contributed by atoms with Crippen LogP contribution < -0.4 is 5.32 Å². The third-order valence-electron chi connectivity index (χ3n) is 5.32. The second kappa shape index (κ2) is 8.83. The minimum Gasteiger partial charge on any atom is -0.462 e. The molecule has 0 aromatic carbocycles. The number of rotatable bonds is 7. The lowest BCUT2D eigenvalue weighted by Gasteiger charge is -2.25. The third-order valence-corrected chi connectivity index (χ3v) is 5.32. The van der Waals surface area contributed by atoms with Crippen LogP contribution in [0, 0.1) is 5.92 Å². The van der Waals surface area contributed by atoms with E-state index in [0.717, 1.165) is 43.3 Å². The van der Waals surface area contributed by atoms with Crippen molar-refractivity contribution in [1.29, 1.82) is 0 Å². The van der Waals surface area contributed by atoms with Crippen LogP contribution in [-0.4, -0.2) is 47.6 Å². The van der Waals surface area contributed by atoms with Gasteiger partial charge in [-0.05, 0) is 51.5 Å². The van der Waals surface area contributed by atoms with Gasteiger partial charge < -0.3 is 19.7 Å². The molecule has 1 fully saturated rings. The summed E-state index contributed by atoms with van der Waals surface area (Å²) in [5, 5.41) is 18.0. The van der Waals surface area contributed by atoms with E-state index in [9.17, 15) is 9.90 Å². The monoisotopic (exact) mass is 412 g/mol. The maximum atomic E-state index is 11.8. The van der Waals surface area contributed by atoms with E-state index in [1.165, 1.54) is 4.68 Å². The molecule has 1 aliphatic carbocycles. The largest absolute Gasteiger partial charge is 0.462 e. The van der Waals surface area contributed by atoms with Crippen LogP contribution in [0.1, 0.15) is 39.5 Å². The van der Waals surface area contributed by atoms with Gasteiger partial charge >= 0.3 is 5.97 Å². The lowest BCUT2D eigenvalue weighted by atomic mass is 9.87. The number of esters is 1. The number of hydrogen-bond donors (Lipinski definition) is 2. The van der Waals surface area contributed by atoms with Crippen molar-refractivity contribution in [3.63, 3.8) is 0 Å². The first-order valence-corrected chi connectivity index (χ1v) is 10.4. The van der Waals surface area contributed by atoms with E-state index < -0.39 is 0 Å². The number of fused-ring (bicyclic) bond motifs is 1. The van der Waals surface area contributed by atoms with E-state index in [2.05, 4.69) is 25.0 Å². The molecule has 9 heteroatoms. The first kappa shape index (κ1) is 20.3. The summed E-state index contributed by atoms with van der Waals surface area (Å²) in [6, 6.07) is 2.02. The molecule has 1 saturated carbocycles. The molecule has 0 spiro atoms. The number of nitrogens with one attached hydrogen (secondary N) is 1. The Kier molecular flexibility index (Phi) is 5.98. The molecule has 0 amide bonds. The fourth-order valence-corrected chi connectivity index (χ4v) is 3.86. The van der Waals surface area contributed by atoms with Gasteiger partial charge in [0, 0.05) is 30.5 Å². The lowest BCUT2D eigenvalue weighted by Crippen LogP contribution is -2.21. The van der Waals surface area contributed by atoms with Gasteiger partial charge in [0.25, 0.3) is 0 Å². The van der Waals surface area contributed by atoms with Crippen LogP contribution in [0.2, 0.25) is 0 Å². The van der Waals surface area contributed by atoms with Crippen molar-refractivity contribution >= 4 is 28.6 Å². The third kappa shape index (κ3) is 4.96. The molecule has 2 N–H and O–H groups in total. The van der Waals surface area contributed by atoms with E-state index in [1.54, 1.807) is 18.6 Å². The van der Waals surface area contributed by atoms with Gasteiger partial charge in [0.2, 0.25) is 5.95 Å². The molecule has 4 rings (SSSR count). The molecule has 3 aromatic rings. The van der Waals surface area contributed by atoms with Gasteiger partial charge in [0.05, 0.1) is 24.1 Å². The number of nitrogens with zero attached hydrogens (tertiary/aromatic N) is 5. The Bertz CT molecular complexity index is 1000. The van der Waals surface area contributed by atoms with E-state index in [1.807, 2.05) is 26.1 Å². The fourth-order valence-electron chi connectivity index (χ4n) is 3.86. The summed E-state index contributed by atoms with van der Waals surface area (Å²) in [5.74, 6) is 0.704. The zero-order chi connectivity index (χ0) is 21.1. The molecule has 160 valence electrons. The molecule has 0 bridgehead atoms. The van der Waals surface area contributed by atoms with Gasteiger partial charge in [-0.15, -0.1) is 0 Å². The van der Waals surface area contributed by atoms with Gasteiger partial charge in [-0.2, -0.15) is 10.1 Å². The predicted octanol–water partition coefficient (Wildman–Crippen LogP) is 2.87. The number of carbonyl (C=O) groups excluding carboxylic acids is 1. The highest BCUT2D eigenvalue weighted by Crippen LogP contribution is 2.27. The Morgan fingerprint density at radius 3 is 2.87 bits per heavy atom. The molecule has 3 aromatic heterocycles. The molecule has 1 aliphatic rings. The molecule has 3 heterocycles. The van der Waals surface area contributed by atoms with Crippen LogP contribution >= 0.6 is 0 Å². The topological polar surface area (TPSA) is 107 Å². The molecular formula is C21H28N6O3. The van der Waals surface area contributed by atoms with Crippen molar-refractivity contribution in [2.45, 2.75) is 64.8 Å². The molecule has 30 heavy (non-hydrogen) atoms. The Morgan fingerprint density at radius 2 is 2.10 bits per heavy atom. The second-order valence-electron chi connectivity index (χ2n) is 8.21. The predicted molar refractivity (Wildman–Crippen MR) is 112 cm³/mol. The number of ether oxygens (including phenoxy) is 1. The maximum Gasteiger partial charge on any atom is 0.328 e. The minimum absolute atomic E-state index is 0.0543. The van der Waals surface area contributed by atoms with E-state index >= 15 is 0 Å². The molecular weight excluding hydrogens is 384 g/mol. The minimum atomic E-state index is -0.328. The van der Waals surface area contributed by atoms with Gasteiger partial charge in [0.15, 0.2) is 0 Å². The van der Waals surface area contributed by atoms with Crippen molar-refractivity contribution in [2.24, 2.45) is 5.92 Å². The number of aromatic nitrogens is 5.